The van der Waals surface area contributed by atoms with Gasteiger partial charge in [0, 0.05) is 26.5 Å². The van der Waals surface area contributed by atoms with Gasteiger partial charge in [0.15, 0.2) is 0 Å². The number of methoxy groups -OCH3 is 1. The minimum Gasteiger partial charge on any atom is -0.458 e. The molecule has 2 aliphatic rings. The lowest BCUT2D eigenvalue weighted by Gasteiger charge is -2.48. The third-order valence-corrected chi connectivity index (χ3v) is 5.65. The number of ether oxygens (including phenoxy) is 2. The van der Waals surface area contributed by atoms with Crippen LogP contribution in [0.25, 0.3) is 0 Å². The first-order valence-electron chi connectivity index (χ1n) is 9.92. The zero-order valence-electron chi connectivity index (χ0n) is 17.0. The van der Waals surface area contributed by atoms with E-state index in [9.17, 15) is 14.4 Å². The summed E-state index contributed by atoms with van der Waals surface area (Å²) in [6.45, 7) is 0.258. The van der Waals surface area contributed by atoms with E-state index in [0.717, 1.165) is 0 Å². The normalized spacial score (nSPS) is 19.6. The predicted molar refractivity (Wildman–Crippen MR) is 110 cm³/mol. The van der Waals surface area contributed by atoms with Crippen molar-refractivity contribution in [1.29, 1.82) is 5.26 Å². The number of benzene rings is 2. The van der Waals surface area contributed by atoms with Gasteiger partial charge in [-0.3, -0.25) is 14.5 Å². The van der Waals surface area contributed by atoms with Crippen molar-refractivity contribution in [2.24, 2.45) is 0 Å². The minimum atomic E-state index is -1.56. The van der Waals surface area contributed by atoms with Gasteiger partial charge in [-0.1, -0.05) is 24.3 Å². The molecule has 2 aliphatic heterocycles. The van der Waals surface area contributed by atoms with Crippen LogP contribution in [0.3, 0.4) is 0 Å². The molecule has 1 saturated heterocycles. The molecule has 1 fully saturated rings. The zero-order valence-corrected chi connectivity index (χ0v) is 17.0. The highest BCUT2D eigenvalue weighted by molar-refractivity contribution is 6.15. The van der Waals surface area contributed by atoms with Crippen LogP contribution in [0.2, 0.25) is 0 Å². The molecule has 0 aliphatic carbocycles. The summed E-state index contributed by atoms with van der Waals surface area (Å²) in [5.41, 5.74) is 0.304. The minimum absolute atomic E-state index is 0.0773. The zero-order chi connectivity index (χ0) is 22.0. The highest BCUT2D eigenvalue weighted by atomic mass is 16.5. The van der Waals surface area contributed by atoms with Crippen LogP contribution in [0.15, 0.2) is 48.5 Å². The smallest absolute Gasteiger partial charge is 0.354 e. The number of fused-ring (bicyclic) bond motifs is 3. The van der Waals surface area contributed by atoms with Crippen molar-refractivity contribution in [3.8, 4) is 6.07 Å². The van der Waals surface area contributed by atoms with E-state index >= 15 is 0 Å². The van der Waals surface area contributed by atoms with Gasteiger partial charge >= 0.3 is 5.97 Å². The van der Waals surface area contributed by atoms with Gasteiger partial charge in [0.05, 0.1) is 29.5 Å². The summed E-state index contributed by atoms with van der Waals surface area (Å²) in [6.07, 6.45) is 0.247. The molecule has 0 aromatic heterocycles. The van der Waals surface area contributed by atoms with Crippen LogP contribution in [0, 0.1) is 11.3 Å². The number of esters is 1. The Morgan fingerprint density at radius 1 is 1.19 bits per heavy atom. The molecule has 4 rings (SSSR count). The molecular weight excluding hydrogens is 398 g/mol. The van der Waals surface area contributed by atoms with Gasteiger partial charge in [0.1, 0.15) is 6.61 Å². The van der Waals surface area contributed by atoms with Crippen LogP contribution in [0.1, 0.15) is 34.3 Å². The van der Waals surface area contributed by atoms with Crippen LogP contribution in [0.4, 0.5) is 5.69 Å². The summed E-state index contributed by atoms with van der Waals surface area (Å²) in [5.74, 6) is -1.27. The molecule has 0 saturated carbocycles. The number of hydrogen-bond donors (Lipinski definition) is 0. The Kier molecular flexibility index (Phi) is 5.44. The van der Waals surface area contributed by atoms with Gasteiger partial charge < -0.3 is 14.4 Å². The van der Waals surface area contributed by atoms with Crippen molar-refractivity contribution in [2.45, 2.75) is 25.1 Å². The molecule has 0 bridgehead atoms. The molecule has 0 spiro atoms. The van der Waals surface area contributed by atoms with Crippen molar-refractivity contribution in [2.75, 3.05) is 25.2 Å². The van der Waals surface area contributed by atoms with E-state index in [4.69, 9.17) is 14.7 Å². The van der Waals surface area contributed by atoms with Crippen LogP contribution >= 0.6 is 0 Å². The first-order valence-corrected chi connectivity index (χ1v) is 9.92. The van der Waals surface area contributed by atoms with Gasteiger partial charge in [-0.15, -0.1) is 0 Å². The summed E-state index contributed by atoms with van der Waals surface area (Å²) < 4.78 is 10.8. The van der Waals surface area contributed by atoms with Crippen LogP contribution < -0.4 is 4.90 Å². The van der Waals surface area contributed by atoms with E-state index in [-0.39, 0.29) is 44.4 Å². The largest absolute Gasteiger partial charge is 0.458 e. The Balaban J connectivity index is 1.72. The van der Waals surface area contributed by atoms with Gasteiger partial charge in [-0.25, -0.2) is 4.79 Å². The molecule has 31 heavy (non-hydrogen) atoms. The van der Waals surface area contributed by atoms with Crippen molar-refractivity contribution in [1.82, 2.24) is 4.90 Å². The van der Waals surface area contributed by atoms with Gasteiger partial charge in [0.2, 0.25) is 11.6 Å². The number of carbonyl (C=O) groups excluding carboxylic acids is 3. The molecule has 8 nitrogen and oxygen atoms in total. The Labute approximate surface area is 179 Å². The molecule has 2 amide bonds. The van der Waals surface area contributed by atoms with Gasteiger partial charge in [-0.05, 0) is 29.8 Å². The average Bonchev–Trinajstić information content (AvgIpc) is 3.15. The number of nitriles is 1. The number of nitrogens with zero attached hydrogens (tertiary/aromatic N) is 3. The number of hydrogen-bond acceptors (Lipinski definition) is 6. The Morgan fingerprint density at radius 2 is 2.00 bits per heavy atom. The average molecular weight is 419 g/mol. The van der Waals surface area contributed by atoms with E-state index in [1.165, 1.54) is 16.9 Å². The van der Waals surface area contributed by atoms with Gasteiger partial charge in [-0.2, -0.15) is 5.26 Å². The van der Waals surface area contributed by atoms with Crippen molar-refractivity contribution >= 4 is 23.5 Å². The second-order valence-electron chi connectivity index (χ2n) is 7.40. The second-order valence-corrected chi connectivity index (χ2v) is 7.40. The fraction of sp³-hybridized carbons (Fsp3) is 0.304. The number of para-hydroxylation sites is 1. The monoisotopic (exact) mass is 419 g/mol. The maximum absolute atomic E-state index is 13.5. The first-order chi connectivity index (χ1) is 15.0. The lowest BCUT2D eigenvalue weighted by atomic mass is 9.96. The number of anilines is 1. The lowest BCUT2D eigenvalue weighted by molar-refractivity contribution is -0.159. The summed E-state index contributed by atoms with van der Waals surface area (Å²) in [4.78, 5) is 42.5. The van der Waals surface area contributed by atoms with Crippen molar-refractivity contribution < 1.29 is 23.9 Å². The van der Waals surface area contributed by atoms with E-state index in [1.807, 2.05) is 6.07 Å². The fourth-order valence-corrected chi connectivity index (χ4v) is 4.23. The predicted octanol–water partition coefficient (Wildman–Crippen LogP) is 2.23. The third-order valence-electron chi connectivity index (χ3n) is 5.65. The molecule has 158 valence electrons. The maximum atomic E-state index is 13.5. The molecule has 0 N–H and O–H groups in total. The summed E-state index contributed by atoms with van der Waals surface area (Å²) in [7, 11) is 1.51. The number of amides is 2. The van der Waals surface area contributed by atoms with Crippen LogP contribution in [-0.4, -0.2) is 48.6 Å². The summed E-state index contributed by atoms with van der Waals surface area (Å²) in [5, 5.41) is 9.08. The number of rotatable bonds is 6. The quantitative estimate of drug-likeness (QED) is 0.666. The van der Waals surface area contributed by atoms with E-state index in [1.54, 1.807) is 48.5 Å². The topological polar surface area (TPSA) is 99.9 Å². The highest BCUT2D eigenvalue weighted by Crippen LogP contribution is 2.45. The molecule has 2 aromatic carbocycles. The van der Waals surface area contributed by atoms with E-state index in [2.05, 4.69) is 0 Å². The molecule has 2 aromatic rings. The fourth-order valence-electron chi connectivity index (χ4n) is 4.23. The lowest BCUT2D eigenvalue weighted by Crippen LogP contribution is -2.68. The van der Waals surface area contributed by atoms with Crippen molar-refractivity contribution in [3.05, 3.63) is 65.2 Å². The maximum Gasteiger partial charge on any atom is 0.354 e. The standard InChI is InChI=1S/C23H21N3O5/c1-30-12-11-25-21(28)18-7-2-3-8-19(18)26-20(27)9-10-23(25,26)22(29)31-15-17-6-4-5-16(13-17)14-24/h2-8,13H,9-12,15H2,1H3/t23-/m1/s1. The van der Waals surface area contributed by atoms with Crippen molar-refractivity contribution in [3.63, 3.8) is 0 Å². The van der Waals surface area contributed by atoms with E-state index < -0.39 is 11.6 Å². The molecule has 2 heterocycles. The highest BCUT2D eigenvalue weighted by Gasteiger charge is 2.61. The molecule has 8 heteroatoms. The van der Waals surface area contributed by atoms with Crippen LogP contribution in [-0.2, 0) is 25.7 Å². The van der Waals surface area contributed by atoms with Gasteiger partial charge in [0.25, 0.3) is 5.91 Å². The van der Waals surface area contributed by atoms with Crippen LogP contribution in [0.5, 0.6) is 0 Å². The Hall–Kier alpha value is -3.70. The SMILES string of the molecule is COCCN1C(=O)c2ccccc2N2C(=O)CC[C@@]12C(=O)OCc1cccc(C#N)c1. The molecular formula is C23H21N3O5. The first kappa shape index (κ1) is 20.6. The van der Waals surface area contributed by atoms with E-state index in [0.29, 0.717) is 22.4 Å². The molecule has 0 radical (unpaired) electrons. The molecule has 1 atom stereocenters. The number of carbonyl (C=O) groups is 3. The summed E-state index contributed by atoms with van der Waals surface area (Å²) >= 11 is 0. The third kappa shape index (κ3) is 3.33. The second kappa shape index (κ2) is 8.20. The Bertz CT molecular complexity index is 1090. The summed E-state index contributed by atoms with van der Waals surface area (Å²) in [6, 6.07) is 15.5. The Morgan fingerprint density at radius 3 is 2.77 bits per heavy atom. The molecule has 0 unspecified atom stereocenters.